The maximum atomic E-state index is 12.5. The van der Waals surface area contributed by atoms with Gasteiger partial charge in [0.25, 0.3) is 5.91 Å². The van der Waals surface area contributed by atoms with Crippen LogP contribution in [0.5, 0.6) is 0 Å². The zero-order valence-electron chi connectivity index (χ0n) is 19.2. The molecule has 0 unspecified atom stereocenters. The zero-order chi connectivity index (χ0) is 22.9. The van der Waals surface area contributed by atoms with Crippen LogP contribution in [0.1, 0.15) is 61.8 Å². The summed E-state index contributed by atoms with van der Waals surface area (Å²) in [5, 5.41) is 15.4. The Morgan fingerprint density at radius 1 is 1.19 bits per heavy atom. The Labute approximate surface area is 188 Å². The van der Waals surface area contributed by atoms with Crippen LogP contribution in [0.25, 0.3) is 11.3 Å². The van der Waals surface area contributed by atoms with Crippen molar-refractivity contribution in [1.82, 2.24) is 20.7 Å². The summed E-state index contributed by atoms with van der Waals surface area (Å²) in [5.74, 6) is 1.59. The maximum Gasteiger partial charge on any atom is 0.273 e. The second kappa shape index (κ2) is 8.63. The van der Waals surface area contributed by atoms with Crippen LogP contribution in [0.3, 0.4) is 0 Å². The van der Waals surface area contributed by atoms with E-state index in [1.54, 1.807) is 6.07 Å². The van der Waals surface area contributed by atoms with E-state index >= 15 is 0 Å². The predicted molar refractivity (Wildman–Crippen MR) is 121 cm³/mol. The van der Waals surface area contributed by atoms with E-state index in [-0.39, 0.29) is 28.6 Å². The lowest BCUT2D eigenvalue weighted by Crippen LogP contribution is -2.43. The average molecular weight is 455 g/mol. The Morgan fingerprint density at radius 2 is 1.91 bits per heavy atom. The molecule has 1 aliphatic carbocycles. The molecule has 2 aromatic heterocycles. The number of nitrogens with zero attached hydrogens (tertiary/aromatic N) is 3. The summed E-state index contributed by atoms with van der Waals surface area (Å²) in [6.07, 6.45) is 1.50. The lowest BCUT2D eigenvalue weighted by atomic mass is 9.80. The molecule has 1 aromatic carbocycles. The van der Waals surface area contributed by atoms with Crippen molar-refractivity contribution in [3.05, 3.63) is 53.9 Å². The molecular formula is C23H30N4O4Si. The first-order valence-electron chi connectivity index (χ1n) is 10.9. The molecular weight excluding hydrogens is 424 g/mol. The van der Waals surface area contributed by atoms with Crippen LogP contribution in [0.4, 0.5) is 0 Å². The maximum absolute atomic E-state index is 12.5. The number of rotatable bonds is 7. The van der Waals surface area contributed by atoms with E-state index in [4.69, 9.17) is 13.4 Å². The Hall–Kier alpha value is -2.78. The first kappa shape index (κ1) is 22.4. The molecule has 1 N–H and O–H groups in total. The number of carbonyl (C=O) groups excluding carboxylic acids is 1. The molecule has 0 bridgehead atoms. The van der Waals surface area contributed by atoms with Crippen LogP contribution in [0.2, 0.25) is 18.1 Å². The highest BCUT2D eigenvalue weighted by Gasteiger charge is 2.38. The zero-order valence-corrected chi connectivity index (χ0v) is 20.2. The minimum Gasteiger partial charge on any atom is -0.423 e. The molecule has 0 saturated heterocycles. The van der Waals surface area contributed by atoms with Gasteiger partial charge in [0, 0.05) is 23.6 Å². The van der Waals surface area contributed by atoms with Gasteiger partial charge in [-0.3, -0.25) is 4.79 Å². The molecule has 0 atom stereocenters. The number of benzene rings is 1. The summed E-state index contributed by atoms with van der Waals surface area (Å²) in [4.78, 5) is 12.5. The van der Waals surface area contributed by atoms with Gasteiger partial charge in [-0.05, 0) is 31.0 Å². The van der Waals surface area contributed by atoms with Gasteiger partial charge < -0.3 is 18.7 Å². The molecule has 9 heteroatoms. The molecule has 1 amide bonds. The van der Waals surface area contributed by atoms with Crippen molar-refractivity contribution in [3.63, 3.8) is 0 Å². The van der Waals surface area contributed by atoms with E-state index in [1.165, 1.54) is 0 Å². The van der Waals surface area contributed by atoms with Gasteiger partial charge in [0.15, 0.2) is 19.8 Å². The minimum absolute atomic E-state index is 0.0446. The van der Waals surface area contributed by atoms with E-state index in [2.05, 4.69) is 54.5 Å². The first-order valence-corrected chi connectivity index (χ1v) is 13.8. The third kappa shape index (κ3) is 4.83. The van der Waals surface area contributed by atoms with Crippen LogP contribution in [0, 0.1) is 0 Å². The summed E-state index contributed by atoms with van der Waals surface area (Å²) in [6, 6.07) is 11.3. The predicted octanol–water partition coefficient (Wildman–Crippen LogP) is 4.92. The van der Waals surface area contributed by atoms with Crippen molar-refractivity contribution in [2.75, 3.05) is 0 Å². The molecule has 2 heterocycles. The standard InChI is InChI=1S/C23H30N4O4Si/c1-23(2,3)32(4,5)29-14-20-25-26-22(30-20)16-11-17(12-16)24-21(28)18-13-19(31-27-18)15-9-7-6-8-10-15/h6-10,13,16-17H,11-12,14H2,1-5H3,(H,24,28)/t16-,17-. The molecule has 170 valence electrons. The van der Waals surface area contributed by atoms with E-state index in [0.29, 0.717) is 24.1 Å². The molecule has 1 aliphatic rings. The molecule has 1 fully saturated rings. The molecule has 0 spiro atoms. The number of nitrogens with one attached hydrogen (secondary N) is 1. The molecule has 32 heavy (non-hydrogen) atoms. The Morgan fingerprint density at radius 3 is 2.59 bits per heavy atom. The Balaban J connectivity index is 1.26. The number of hydrogen-bond acceptors (Lipinski definition) is 7. The second-order valence-corrected chi connectivity index (χ2v) is 14.7. The fourth-order valence-electron chi connectivity index (χ4n) is 3.27. The highest BCUT2D eigenvalue weighted by Crippen LogP contribution is 2.38. The van der Waals surface area contributed by atoms with Crippen molar-refractivity contribution < 1.29 is 18.2 Å². The number of amides is 1. The SMILES string of the molecule is CC(C)(C)[Si](C)(C)OCc1nnc([C@H]2C[C@H](NC(=O)c3cc(-c4ccccc4)on3)C2)o1. The second-order valence-electron chi connectivity index (χ2n) is 9.86. The van der Waals surface area contributed by atoms with Gasteiger partial charge in [-0.15, -0.1) is 10.2 Å². The van der Waals surface area contributed by atoms with Crippen molar-refractivity contribution in [3.8, 4) is 11.3 Å². The topological polar surface area (TPSA) is 103 Å². The monoisotopic (exact) mass is 454 g/mol. The Bertz CT molecular complexity index is 1070. The smallest absolute Gasteiger partial charge is 0.273 e. The van der Waals surface area contributed by atoms with E-state index in [1.807, 2.05) is 30.3 Å². The first-order chi connectivity index (χ1) is 15.1. The Kier molecular flexibility index (Phi) is 6.04. The number of hydrogen-bond donors (Lipinski definition) is 1. The van der Waals surface area contributed by atoms with E-state index in [9.17, 15) is 4.79 Å². The lowest BCUT2D eigenvalue weighted by Gasteiger charge is -2.35. The molecule has 0 radical (unpaired) electrons. The summed E-state index contributed by atoms with van der Waals surface area (Å²) in [5.41, 5.74) is 1.16. The van der Waals surface area contributed by atoms with Crippen LogP contribution in [0.15, 0.2) is 45.3 Å². The fraction of sp³-hybridized carbons (Fsp3) is 0.478. The number of carbonyl (C=O) groups is 1. The van der Waals surface area contributed by atoms with Crippen LogP contribution >= 0.6 is 0 Å². The van der Waals surface area contributed by atoms with Gasteiger partial charge in [0.1, 0.15) is 6.61 Å². The quantitative estimate of drug-likeness (QED) is 0.505. The molecule has 0 aliphatic heterocycles. The third-order valence-corrected chi connectivity index (χ3v) is 10.9. The summed E-state index contributed by atoms with van der Waals surface area (Å²) >= 11 is 0. The average Bonchev–Trinajstić information content (AvgIpc) is 3.38. The van der Waals surface area contributed by atoms with Crippen molar-refractivity contribution >= 4 is 14.2 Å². The van der Waals surface area contributed by atoms with Gasteiger partial charge in [0.2, 0.25) is 11.8 Å². The fourth-order valence-corrected chi connectivity index (χ4v) is 4.18. The van der Waals surface area contributed by atoms with E-state index in [0.717, 1.165) is 18.4 Å². The third-order valence-electron chi connectivity index (χ3n) is 6.47. The van der Waals surface area contributed by atoms with Gasteiger partial charge in [-0.25, -0.2) is 0 Å². The summed E-state index contributed by atoms with van der Waals surface area (Å²) < 4.78 is 17.3. The van der Waals surface area contributed by atoms with E-state index < -0.39 is 8.32 Å². The van der Waals surface area contributed by atoms with Gasteiger partial charge >= 0.3 is 0 Å². The normalized spacial score (nSPS) is 18.9. The highest BCUT2D eigenvalue weighted by molar-refractivity contribution is 6.74. The molecule has 3 aromatic rings. The van der Waals surface area contributed by atoms with Gasteiger partial charge in [-0.1, -0.05) is 56.3 Å². The summed E-state index contributed by atoms with van der Waals surface area (Å²) in [7, 11) is -1.87. The van der Waals surface area contributed by atoms with Crippen LogP contribution < -0.4 is 5.32 Å². The number of aromatic nitrogens is 3. The summed E-state index contributed by atoms with van der Waals surface area (Å²) in [6.45, 7) is 11.3. The molecule has 4 rings (SSSR count). The largest absolute Gasteiger partial charge is 0.423 e. The van der Waals surface area contributed by atoms with Crippen LogP contribution in [-0.2, 0) is 11.0 Å². The van der Waals surface area contributed by atoms with Crippen molar-refractivity contribution in [2.24, 2.45) is 0 Å². The van der Waals surface area contributed by atoms with Crippen molar-refractivity contribution in [2.45, 2.75) is 70.3 Å². The minimum atomic E-state index is -1.87. The highest BCUT2D eigenvalue weighted by atomic mass is 28.4. The van der Waals surface area contributed by atoms with Crippen LogP contribution in [-0.4, -0.2) is 35.6 Å². The van der Waals surface area contributed by atoms with Gasteiger partial charge in [-0.2, -0.15) is 0 Å². The lowest BCUT2D eigenvalue weighted by molar-refractivity contribution is 0.0893. The molecule has 8 nitrogen and oxygen atoms in total. The molecule has 1 saturated carbocycles. The van der Waals surface area contributed by atoms with Crippen molar-refractivity contribution in [1.29, 1.82) is 0 Å². The van der Waals surface area contributed by atoms with Gasteiger partial charge in [0.05, 0.1) is 0 Å².